The van der Waals surface area contributed by atoms with E-state index in [-0.39, 0.29) is 0 Å². The summed E-state index contributed by atoms with van der Waals surface area (Å²) in [4.78, 5) is 4.60. The van der Waals surface area contributed by atoms with Crippen molar-refractivity contribution in [2.24, 2.45) is 0 Å². The van der Waals surface area contributed by atoms with E-state index >= 15 is 0 Å². The maximum absolute atomic E-state index is 5.91. The number of hydrogen-bond donors (Lipinski definition) is 0. The summed E-state index contributed by atoms with van der Waals surface area (Å²) in [5.74, 6) is 0.687. The molecule has 0 aliphatic carbocycles. The summed E-state index contributed by atoms with van der Waals surface area (Å²) < 4.78 is 8.03. The van der Waals surface area contributed by atoms with Gasteiger partial charge >= 0.3 is 0 Å². The average molecular weight is 253 g/mol. The molecule has 0 fully saturated rings. The maximum Gasteiger partial charge on any atom is 0.233 e. The van der Waals surface area contributed by atoms with Crippen LogP contribution in [-0.2, 0) is 6.54 Å². The summed E-state index contributed by atoms with van der Waals surface area (Å²) in [5, 5.41) is 0. The molecule has 0 atom stereocenters. The monoisotopic (exact) mass is 253 g/mol. The number of nitrogens with zero attached hydrogens (tertiary/aromatic N) is 2. The third-order valence-corrected chi connectivity index (χ3v) is 3.29. The van der Waals surface area contributed by atoms with Gasteiger partial charge in [0.25, 0.3) is 0 Å². The summed E-state index contributed by atoms with van der Waals surface area (Å²) in [7, 11) is 0. The average Bonchev–Trinajstić information content (AvgIpc) is 2.83. The molecule has 0 saturated heterocycles. The molecule has 3 aromatic rings. The first kappa shape index (κ1) is 11.9. The number of aryl methyl sites for hydroxylation is 3. The van der Waals surface area contributed by atoms with E-state index in [0.29, 0.717) is 5.89 Å². The second-order valence-corrected chi connectivity index (χ2v) is 4.87. The first-order chi connectivity index (χ1) is 9.17. The lowest BCUT2D eigenvalue weighted by Crippen LogP contribution is -2.30. The SMILES string of the molecule is CC[n+]1cccc(-c2nc3cc(C)cc(C)c3o2)c1. The molecule has 0 amide bonds. The van der Waals surface area contributed by atoms with Crippen LogP contribution in [0.2, 0.25) is 0 Å². The van der Waals surface area contributed by atoms with Crippen LogP contribution in [-0.4, -0.2) is 4.98 Å². The normalized spacial score (nSPS) is 11.1. The van der Waals surface area contributed by atoms with Crippen LogP contribution in [0.3, 0.4) is 0 Å². The van der Waals surface area contributed by atoms with Gasteiger partial charge < -0.3 is 4.42 Å². The van der Waals surface area contributed by atoms with E-state index in [1.54, 1.807) is 0 Å². The van der Waals surface area contributed by atoms with Crippen molar-refractivity contribution < 1.29 is 8.98 Å². The summed E-state index contributed by atoms with van der Waals surface area (Å²) in [6.45, 7) is 7.19. The van der Waals surface area contributed by atoms with Crippen LogP contribution in [0.25, 0.3) is 22.6 Å². The van der Waals surface area contributed by atoms with E-state index in [4.69, 9.17) is 4.42 Å². The molecule has 0 radical (unpaired) electrons. The van der Waals surface area contributed by atoms with Gasteiger partial charge in [-0.2, -0.15) is 0 Å². The molecule has 0 aliphatic rings. The molecule has 1 aromatic carbocycles. The number of pyridine rings is 1. The zero-order valence-electron chi connectivity index (χ0n) is 11.5. The Bertz CT molecular complexity index is 744. The molecular weight excluding hydrogens is 236 g/mol. The number of hydrogen-bond acceptors (Lipinski definition) is 2. The summed E-state index contributed by atoms with van der Waals surface area (Å²) >= 11 is 0. The van der Waals surface area contributed by atoms with Gasteiger partial charge in [-0.05, 0) is 44.0 Å². The minimum Gasteiger partial charge on any atom is -0.436 e. The van der Waals surface area contributed by atoms with E-state index in [1.165, 1.54) is 5.56 Å². The smallest absolute Gasteiger partial charge is 0.233 e. The van der Waals surface area contributed by atoms with Crippen molar-refractivity contribution >= 4 is 11.1 Å². The molecule has 0 bridgehead atoms. The van der Waals surface area contributed by atoms with Gasteiger partial charge in [-0.15, -0.1) is 0 Å². The van der Waals surface area contributed by atoms with Crippen molar-refractivity contribution in [1.82, 2.24) is 4.98 Å². The molecule has 19 heavy (non-hydrogen) atoms. The largest absolute Gasteiger partial charge is 0.436 e. The van der Waals surface area contributed by atoms with Crippen molar-refractivity contribution in [3.8, 4) is 11.5 Å². The Morgan fingerprint density at radius 1 is 1.26 bits per heavy atom. The predicted molar refractivity (Wildman–Crippen MR) is 74.8 cm³/mol. The zero-order chi connectivity index (χ0) is 13.4. The van der Waals surface area contributed by atoms with Crippen molar-refractivity contribution in [3.05, 3.63) is 47.8 Å². The Kier molecular flexibility index (Phi) is 2.82. The number of oxazole rings is 1. The van der Waals surface area contributed by atoms with Gasteiger partial charge in [-0.1, -0.05) is 6.07 Å². The van der Waals surface area contributed by atoms with Gasteiger partial charge in [0.2, 0.25) is 5.89 Å². The standard InChI is InChI=1S/C16H17N2O/c1-4-18-7-5-6-13(10-18)16-17-14-9-11(2)8-12(3)15(14)19-16/h5-10H,4H2,1-3H3/q+1. The molecule has 96 valence electrons. The van der Waals surface area contributed by atoms with Gasteiger partial charge in [0, 0.05) is 6.07 Å². The number of aromatic nitrogens is 2. The van der Waals surface area contributed by atoms with E-state index in [1.807, 2.05) is 18.3 Å². The highest BCUT2D eigenvalue weighted by Gasteiger charge is 2.13. The molecule has 0 spiro atoms. The Labute approximate surface area is 112 Å². The Morgan fingerprint density at radius 2 is 2.11 bits per heavy atom. The van der Waals surface area contributed by atoms with Crippen LogP contribution in [0, 0.1) is 13.8 Å². The first-order valence-electron chi connectivity index (χ1n) is 6.54. The second-order valence-electron chi connectivity index (χ2n) is 4.87. The van der Waals surface area contributed by atoms with Crippen molar-refractivity contribution in [3.63, 3.8) is 0 Å². The maximum atomic E-state index is 5.91. The van der Waals surface area contributed by atoms with Crippen LogP contribution in [0.5, 0.6) is 0 Å². The van der Waals surface area contributed by atoms with Gasteiger partial charge in [-0.3, -0.25) is 0 Å². The molecule has 3 nitrogen and oxygen atoms in total. The second kappa shape index (κ2) is 4.50. The minimum absolute atomic E-state index is 0.687. The van der Waals surface area contributed by atoms with Gasteiger partial charge in [0.05, 0.1) is 0 Å². The summed E-state index contributed by atoms with van der Waals surface area (Å²) in [6.07, 6.45) is 4.11. The highest BCUT2D eigenvalue weighted by atomic mass is 16.3. The van der Waals surface area contributed by atoms with Crippen LogP contribution >= 0.6 is 0 Å². The molecule has 0 aliphatic heterocycles. The Hall–Kier alpha value is -2.16. The topological polar surface area (TPSA) is 29.9 Å². The predicted octanol–water partition coefficient (Wildman–Crippen LogP) is 3.42. The molecule has 3 heteroatoms. The highest BCUT2D eigenvalue weighted by molar-refractivity contribution is 5.79. The molecule has 2 heterocycles. The van der Waals surface area contributed by atoms with Crippen molar-refractivity contribution in [2.45, 2.75) is 27.3 Å². The number of fused-ring (bicyclic) bond motifs is 1. The van der Waals surface area contributed by atoms with Gasteiger partial charge in [0.15, 0.2) is 18.0 Å². The van der Waals surface area contributed by atoms with Crippen LogP contribution < -0.4 is 4.57 Å². The molecule has 0 saturated carbocycles. The lowest BCUT2D eigenvalue weighted by atomic mass is 10.1. The Balaban J connectivity index is 2.17. The van der Waals surface area contributed by atoms with Crippen LogP contribution in [0.4, 0.5) is 0 Å². The third-order valence-electron chi connectivity index (χ3n) is 3.29. The van der Waals surface area contributed by atoms with Crippen molar-refractivity contribution in [2.75, 3.05) is 0 Å². The van der Waals surface area contributed by atoms with E-state index in [2.05, 4.69) is 48.7 Å². The van der Waals surface area contributed by atoms with E-state index in [9.17, 15) is 0 Å². The van der Waals surface area contributed by atoms with Gasteiger partial charge in [-0.25, -0.2) is 9.55 Å². The minimum atomic E-state index is 0.687. The molecular formula is C16H17N2O+. The lowest BCUT2D eigenvalue weighted by Gasteiger charge is -1.95. The number of benzene rings is 1. The summed E-state index contributed by atoms with van der Waals surface area (Å²) in [5.41, 5.74) is 5.17. The number of rotatable bonds is 2. The van der Waals surface area contributed by atoms with Crippen LogP contribution in [0.1, 0.15) is 18.1 Å². The fraction of sp³-hybridized carbons (Fsp3) is 0.250. The quantitative estimate of drug-likeness (QED) is 0.655. The molecule has 0 unspecified atom stereocenters. The highest BCUT2D eigenvalue weighted by Crippen LogP contribution is 2.26. The molecule has 2 aromatic heterocycles. The zero-order valence-corrected chi connectivity index (χ0v) is 11.5. The van der Waals surface area contributed by atoms with Crippen molar-refractivity contribution in [1.29, 1.82) is 0 Å². The van der Waals surface area contributed by atoms with Crippen LogP contribution in [0.15, 0.2) is 41.1 Å². The van der Waals surface area contributed by atoms with Gasteiger partial charge in [0.1, 0.15) is 17.6 Å². The lowest BCUT2D eigenvalue weighted by molar-refractivity contribution is -0.693. The first-order valence-corrected chi connectivity index (χ1v) is 6.54. The fourth-order valence-electron chi connectivity index (χ4n) is 2.35. The fourth-order valence-corrected chi connectivity index (χ4v) is 2.35. The summed E-state index contributed by atoms with van der Waals surface area (Å²) in [6, 6.07) is 8.23. The molecule has 3 rings (SSSR count). The Morgan fingerprint density at radius 3 is 2.89 bits per heavy atom. The van der Waals surface area contributed by atoms with E-state index < -0.39 is 0 Å². The van der Waals surface area contributed by atoms with E-state index in [0.717, 1.165) is 28.8 Å². The molecule has 0 N–H and O–H groups in total. The third kappa shape index (κ3) is 2.12.